The van der Waals surface area contributed by atoms with Gasteiger partial charge in [-0.25, -0.2) is 4.79 Å². The van der Waals surface area contributed by atoms with E-state index < -0.39 is 23.6 Å². The van der Waals surface area contributed by atoms with E-state index in [2.05, 4.69) is 15.6 Å². The van der Waals surface area contributed by atoms with E-state index in [9.17, 15) is 19.8 Å². The van der Waals surface area contributed by atoms with Crippen LogP contribution in [0.25, 0.3) is 10.9 Å². The summed E-state index contributed by atoms with van der Waals surface area (Å²) in [4.78, 5) is 27.6. The van der Waals surface area contributed by atoms with Crippen LogP contribution in [0.5, 0.6) is 0 Å². The number of aliphatic hydroxyl groups excluding tert-OH is 1. The molecule has 29 heavy (non-hydrogen) atoms. The van der Waals surface area contributed by atoms with Gasteiger partial charge >= 0.3 is 6.09 Å². The van der Waals surface area contributed by atoms with Crippen LogP contribution in [0.15, 0.2) is 60.8 Å². The van der Waals surface area contributed by atoms with Crippen LogP contribution < -0.4 is 10.6 Å². The number of benzene rings is 2. The Bertz CT molecular complexity index is 986. The van der Waals surface area contributed by atoms with Crippen LogP contribution in [0, 0.1) is 0 Å². The second-order valence-electron chi connectivity index (χ2n) is 7.34. The van der Waals surface area contributed by atoms with Gasteiger partial charge in [0.05, 0.1) is 12.6 Å². The fourth-order valence-electron chi connectivity index (χ4n) is 3.48. The van der Waals surface area contributed by atoms with E-state index >= 15 is 0 Å². The van der Waals surface area contributed by atoms with Gasteiger partial charge in [0.25, 0.3) is 0 Å². The van der Waals surface area contributed by atoms with E-state index in [1.807, 2.05) is 54.6 Å². The standard InChI is InChI=1S/C22H25N3O4/c1-22(25-21(28)29,12-16-13-23-19-10-6-5-9-18(16)19)20(27)24-17(14-26)11-15-7-3-2-4-8-15/h2-10,13,17,23,25-26H,11-12,14H2,1H3,(H,24,27)(H,28,29). The molecule has 0 fully saturated rings. The lowest BCUT2D eigenvalue weighted by Gasteiger charge is -2.30. The van der Waals surface area contributed by atoms with Gasteiger partial charge in [0.15, 0.2) is 0 Å². The number of carbonyl (C=O) groups is 2. The number of hydrogen-bond donors (Lipinski definition) is 5. The Balaban J connectivity index is 1.80. The highest BCUT2D eigenvalue weighted by Gasteiger charge is 2.37. The minimum absolute atomic E-state index is 0.165. The molecule has 0 bridgehead atoms. The molecule has 7 nitrogen and oxygen atoms in total. The lowest BCUT2D eigenvalue weighted by molar-refractivity contribution is -0.127. The van der Waals surface area contributed by atoms with E-state index in [0.717, 1.165) is 22.0 Å². The molecular formula is C22H25N3O4. The maximum absolute atomic E-state index is 13.1. The largest absolute Gasteiger partial charge is 0.465 e. The number of aromatic nitrogens is 1. The van der Waals surface area contributed by atoms with Crippen LogP contribution in [0.2, 0.25) is 0 Å². The molecule has 0 spiro atoms. The monoisotopic (exact) mass is 395 g/mol. The summed E-state index contributed by atoms with van der Waals surface area (Å²) in [5.41, 5.74) is 1.31. The molecule has 2 aromatic carbocycles. The molecule has 0 saturated carbocycles. The molecule has 0 aliphatic rings. The second kappa shape index (κ2) is 8.79. The van der Waals surface area contributed by atoms with Crippen LogP contribution in [-0.4, -0.2) is 45.4 Å². The third-order valence-electron chi connectivity index (χ3n) is 4.98. The Kier molecular flexibility index (Phi) is 6.19. The van der Waals surface area contributed by atoms with E-state index in [1.54, 1.807) is 13.1 Å². The zero-order chi connectivity index (χ0) is 20.9. The molecular weight excluding hydrogens is 370 g/mol. The summed E-state index contributed by atoms with van der Waals surface area (Å²) in [5.74, 6) is -0.486. The van der Waals surface area contributed by atoms with E-state index in [-0.39, 0.29) is 13.0 Å². The van der Waals surface area contributed by atoms with Crippen LogP contribution in [0.3, 0.4) is 0 Å². The van der Waals surface area contributed by atoms with Crippen molar-refractivity contribution in [3.8, 4) is 0 Å². The van der Waals surface area contributed by atoms with Crippen molar-refractivity contribution < 1.29 is 19.8 Å². The molecule has 152 valence electrons. The molecule has 3 aromatic rings. The Morgan fingerprint density at radius 1 is 1.10 bits per heavy atom. The molecule has 1 heterocycles. The zero-order valence-electron chi connectivity index (χ0n) is 16.2. The SMILES string of the molecule is CC(Cc1c[nH]c2ccccc12)(NC(=O)O)C(=O)NC(CO)Cc1ccccc1. The first-order chi connectivity index (χ1) is 13.9. The Hall–Kier alpha value is -3.32. The number of para-hydroxylation sites is 1. The van der Waals surface area contributed by atoms with Gasteiger partial charge in [0, 0.05) is 23.5 Å². The highest BCUT2D eigenvalue weighted by molar-refractivity contribution is 5.91. The number of nitrogens with one attached hydrogen (secondary N) is 3. The fraction of sp³-hybridized carbons (Fsp3) is 0.273. The topological polar surface area (TPSA) is 114 Å². The smallest absolute Gasteiger partial charge is 0.405 e. The fourth-order valence-corrected chi connectivity index (χ4v) is 3.48. The number of H-pyrrole nitrogens is 1. The van der Waals surface area contributed by atoms with Gasteiger partial charge < -0.3 is 25.8 Å². The maximum Gasteiger partial charge on any atom is 0.405 e. The van der Waals surface area contributed by atoms with Gasteiger partial charge in [-0.2, -0.15) is 0 Å². The van der Waals surface area contributed by atoms with Gasteiger partial charge in [0.1, 0.15) is 5.54 Å². The molecule has 0 saturated heterocycles. The molecule has 3 rings (SSSR count). The number of aliphatic hydroxyl groups is 1. The summed E-state index contributed by atoms with van der Waals surface area (Å²) in [5, 5.41) is 25.1. The maximum atomic E-state index is 13.1. The third-order valence-corrected chi connectivity index (χ3v) is 4.98. The molecule has 0 aliphatic heterocycles. The number of hydrogen-bond acceptors (Lipinski definition) is 3. The Morgan fingerprint density at radius 3 is 2.48 bits per heavy atom. The van der Waals surface area contributed by atoms with Crippen molar-refractivity contribution in [2.24, 2.45) is 0 Å². The first-order valence-electron chi connectivity index (χ1n) is 9.43. The molecule has 2 atom stereocenters. The van der Waals surface area contributed by atoms with Gasteiger partial charge in [0.2, 0.25) is 5.91 Å². The van der Waals surface area contributed by atoms with Crippen molar-refractivity contribution in [2.45, 2.75) is 31.3 Å². The summed E-state index contributed by atoms with van der Waals surface area (Å²) in [6.45, 7) is 1.30. The van der Waals surface area contributed by atoms with Crippen LogP contribution >= 0.6 is 0 Å². The number of fused-ring (bicyclic) bond motifs is 1. The summed E-state index contributed by atoms with van der Waals surface area (Å²) in [7, 11) is 0. The number of amides is 2. The predicted molar refractivity (Wildman–Crippen MR) is 111 cm³/mol. The highest BCUT2D eigenvalue weighted by atomic mass is 16.4. The van der Waals surface area contributed by atoms with Crippen molar-refractivity contribution in [1.82, 2.24) is 15.6 Å². The molecule has 5 N–H and O–H groups in total. The quantitative estimate of drug-likeness (QED) is 0.403. The van der Waals surface area contributed by atoms with Crippen LogP contribution in [0.1, 0.15) is 18.1 Å². The minimum Gasteiger partial charge on any atom is -0.465 e. The van der Waals surface area contributed by atoms with Crippen molar-refractivity contribution in [1.29, 1.82) is 0 Å². The Labute approximate surface area is 168 Å². The summed E-state index contributed by atoms with van der Waals surface area (Å²) in [6, 6.07) is 16.6. The van der Waals surface area contributed by atoms with E-state index in [4.69, 9.17) is 0 Å². The highest BCUT2D eigenvalue weighted by Crippen LogP contribution is 2.23. The summed E-state index contributed by atoms with van der Waals surface area (Å²) < 4.78 is 0. The van der Waals surface area contributed by atoms with Gasteiger partial charge in [-0.15, -0.1) is 0 Å². The Morgan fingerprint density at radius 2 is 1.79 bits per heavy atom. The number of aromatic amines is 1. The van der Waals surface area contributed by atoms with Crippen molar-refractivity contribution in [3.63, 3.8) is 0 Å². The third kappa shape index (κ3) is 4.94. The van der Waals surface area contributed by atoms with E-state index in [1.165, 1.54) is 0 Å². The minimum atomic E-state index is -1.40. The van der Waals surface area contributed by atoms with Crippen LogP contribution in [-0.2, 0) is 17.6 Å². The number of rotatable bonds is 8. The molecule has 1 aromatic heterocycles. The van der Waals surface area contributed by atoms with Gasteiger partial charge in [-0.3, -0.25) is 4.79 Å². The predicted octanol–water partition coefficient (Wildman–Crippen LogP) is 2.46. The average molecular weight is 395 g/mol. The summed E-state index contributed by atoms with van der Waals surface area (Å²) >= 11 is 0. The first-order valence-corrected chi connectivity index (χ1v) is 9.43. The molecule has 2 unspecified atom stereocenters. The number of carbonyl (C=O) groups excluding carboxylic acids is 1. The molecule has 0 aliphatic carbocycles. The summed E-state index contributed by atoms with van der Waals surface area (Å²) in [6.07, 6.45) is 1.11. The zero-order valence-corrected chi connectivity index (χ0v) is 16.2. The van der Waals surface area contributed by atoms with Crippen molar-refractivity contribution in [3.05, 3.63) is 71.9 Å². The molecule has 7 heteroatoms. The normalized spacial score (nSPS) is 14.1. The van der Waals surface area contributed by atoms with E-state index in [0.29, 0.717) is 6.42 Å². The molecule has 0 radical (unpaired) electrons. The lowest BCUT2D eigenvalue weighted by atomic mass is 9.91. The van der Waals surface area contributed by atoms with Crippen molar-refractivity contribution in [2.75, 3.05) is 6.61 Å². The van der Waals surface area contributed by atoms with Gasteiger partial charge in [-0.1, -0.05) is 48.5 Å². The van der Waals surface area contributed by atoms with Crippen molar-refractivity contribution >= 4 is 22.9 Å². The second-order valence-corrected chi connectivity index (χ2v) is 7.34. The van der Waals surface area contributed by atoms with Crippen LogP contribution in [0.4, 0.5) is 4.79 Å². The number of carboxylic acid groups (broad SMARTS) is 1. The van der Waals surface area contributed by atoms with Gasteiger partial charge in [-0.05, 0) is 30.5 Å². The molecule has 2 amide bonds. The average Bonchev–Trinajstić information content (AvgIpc) is 3.10. The first kappa shape index (κ1) is 20.4. The lowest BCUT2D eigenvalue weighted by Crippen LogP contribution is -2.60.